The van der Waals surface area contributed by atoms with E-state index in [2.05, 4.69) is 0 Å². The molecule has 18 heavy (non-hydrogen) atoms. The van der Waals surface area contributed by atoms with Crippen LogP contribution >= 0.6 is 11.6 Å². The molecule has 0 radical (unpaired) electrons. The molecule has 90 valence electrons. The van der Waals surface area contributed by atoms with Crippen LogP contribution in [0.15, 0.2) is 42.5 Å². The van der Waals surface area contributed by atoms with Crippen LogP contribution in [0, 0.1) is 17.1 Å². The van der Waals surface area contributed by atoms with Gasteiger partial charge < -0.3 is 4.74 Å². The third-order valence-corrected chi connectivity index (χ3v) is 2.71. The topological polar surface area (TPSA) is 33.0 Å². The summed E-state index contributed by atoms with van der Waals surface area (Å²) in [6, 6.07) is 13.0. The zero-order valence-corrected chi connectivity index (χ0v) is 10.1. The second-order valence-corrected chi connectivity index (χ2v) is 4.05. The number of nitrogens with zero attached hydrogens (tertiary/aromatic N) is 1. The van der Waals surface area contributed by atoms with Crippen molar-refractivity contribution < 1.29 is 9.13 Å². The molecule has 0 bridgehead atoms. The first-order valence-corrected chi connectivity index (χ1v) is 5.64. The van der Waals surface area contributed by atoms with Crippen molar-refractivity contribution in [2.75, 3.05) is 0 Å². The van der Waals surface area contributed by atoms with Crippen LogP contribution in [0.5, 0.6) is 5.75 Å². The van der Waals surface area contributed by atoms with Crippen molar-refractivity contribution in [2.45, 2.75) is 6.61 Å². The highest BCUT2D eigenvalue weighted by molar-refractivity contribution is 6.31. The monoisotopic (exact) mass is 261 g/mol. The van der Waals surface area contributed by atoms with E-state index in [1.807, 2.05) is 6.07 Å². The molecule has 0 fully saturated rings. The summed E-state index contributed by atoms with van der Waals surface area (Å²) in [6.45, 7) is 0.259. The van der Waals surface area contributed by atoms with Crippen LogP contribution in [0.4, 0.5) is 4.39 Å². The summed E-state index contributed by atoms with van der Waals surface area (Å²) in [6.07, 6.45) is 0. The van der Waals surface area contributed by atoms with Gasteiger partial charge in [0, 0.05) is 0 Å². The molecule has 0 N–H and O–H groups in total. The molecule has 0 amide bonds. The van der Waals surface area contributed by atoms with Crippen molar-refractivity contribution in [2.24, 2.45) is 0 Å². The maximum atomic E-state index is 12.7. The SMILES string of the molecule is N#Cc1c(Cl)cccc1OCc1ccc(F)cc1. The fraction of sp³-hybridized carbons (Fsp3) is 0.0714. The van der Waals surface area contributed by atoms with Crippen molar-refractivity contribution in [1.82, 2.24) is 0 Å². The Bertz CT molecular complexity index is 590. The van der Waals surface area contributed by atoms with Crippen molar-refractivity contribution in [3.63, 3.8) is 0 Å². The van der Waals surface area contributed by atoms with Gasteiger partial charge in [0.25, 0.3) is 0 Å². The number of ether oxygens (including phenoxy) is 1. The van der Waals surface area contributed by atoms with Crippen LogP contribution < -0.4 is 4.74 Å². The van der Waals surface area contributed by atoms with Crippen LogP contribution in [0.1, 0.15) is 11.1 Å². The molecule has 2 nitrogen and oxygen atoms in total. The van der Waals surface area contributed by atoms with Gasteiger partial charge in [0.2, 0.25) is 0 Å². The minimum atomic E-state index is -0.292. The van der Waals surface area contributed by atoms with E-state index in [4.69, 9.17) is 21.6 Å². The van der Waals surface area contributed by atoms with Crippen LogP contribution in [0.25, 0.3) is 0 Å². The highest BCUT2D eigenvalue weighted by atomic mass is 35.5. The molecule has 0 saturated carbocycles. The molecule has 0 aliphatic heterocycles. The fourth-order valence-electron chi connectivity index (χ4n) is 1.47. The molecule has 0 spiro atoms. The lowest BCUT2D eigenvalue weighted by Gasteiger charge is -2.08. The Kier molecular flexibility index (Phi) is 3.81. The van der Waals surface area contributed by atoms with Crippen LogP contribution in [0.3, 0.4) is 0 Å². The van der Waals surface area contributed by atoms with Gasteiger partial charge in [0.15, 0.2) is 0 Å². The minimum Gasteiger partial charge on any atom is -0.487 e. The Balaban J connectivity index is 2.14. The molecular weight excluding hydrogens is 253 g/mol. The van der Waals surface area contributed by atoms with E-state index >= 15 is 0 Å². The van der Waals surface area contributed by atoms with Crippen LogP contribution in [-0.4, -0.2) is 0 Å². The van der Waals surface area contributed by atoms with E-state index in [0.29, 0.717) is 16.3 Å². The van der Waals surface area contributed by atoms with E-state index in [-0.39, 0.29) is 12.4 Å². The molecule has 4 heteroatoms. The molecule has 0 saturated heterocycles. The highest BCUT2D eigenvalue weighted by Crippen LogP contribution is 2.26. The van der Waals surface area contributed by atoms with E-state index in [1.165, 1.54) is 12.1 Å². The molecule has 0 aromatic heterocycles. The van der Waals surface area contributed by atoms with Gasteiger partial charge in [-0.05, 0) is 29.8 Å². The molecular formula is C14H9ClFNO. The van der Waals surface area contributed by atoms with Gasteiger partial charge >= 0.3 is 0 Å². The molecule has 0 aliphatic carbocycles. The Labute approximate surface area is 109 Å². The molecule has 0 atom stereocenters. The maximum Gasteiger partial charge on any atom is 0.139 e. The van der Waals surface area contributed by atoms with Gasteiger partial charge in [0.1, 0.15) is 29.8 Å². The first-order chi connectivity index (χ1) is 8.70. The number of nitriles is 1. The fourth-order valence-corrected chi connectivity index (χ4v) is 1.68. The highest BCUT2D eigenvalue weighted by Gasteiger charge is 2.07. The van der Waals surface area contributed by atoms with Crippen molar-refractivity contribution in [3.8, 4) is 11.8 Å². The zero-order chi connectivity index (χ0) is 13.0. The molecule has 0 aliphatic rings. The predicted octanol–water partition coefficient (Wildman–Crippen LogP) is 3.93. The first kappa shape index (κ1) is 12.4. The lowest BCUT2D eigenvalue weighted by Crippen LogP contribution is -1.97. The van der Waals surface area contributed by atoms with Gasteiger partial charge in [-0.2, -0.15) is 5.26 Å². The third kappa shape index (κ3) is 2.79. The van der Waals surface area contributed by atoms with Crippen LogP contribution in [0.2, 0.25) is 5.02 Å². The summed E-state index contributed by atoms with van der Waals surface area (Å²) in [4.78, 5) is 0. The van der Waals surface area contributed by atoms with Gasteiger partial charge in [-0.1, -0.05) is 29.8 Å². The third-order valence-electron chi connectivity index (χ3n) is 2.39. The van der Waals surface area contributed by atoms with Gasteiger partial charge in [-0.15, -0.1) is 0 Å². The minimum absolute atomic E-state index is 0.259. The van der Waals surface area contributed by atoms with E-state index in [1.54, 1.807) is 30.3 Å². The van der Waals surface area contributed by atoms with Crippen LogP contribution in [-0.2, 0) is 6.61 Å². The second kappa shape index (κ2) is 5.52. The Morgan fingerprint density at radius 2 is 1.89 bits per heavy atom. The quantitative estimate of drug-likeness (QED) is 0.839. The normalized spacial score (nSPS) is 9.83. The lowest BCUT2D eigenvalue weighted by molar-refractivity contribution is 0.305. The van der Waals surface area contributed by atoms with Crippen molar-refractivity contribution >= 4 is 11.6 Å². The zero-order valence-electron chi connectivity index (χ0n) is 9.36. The summed E-state index contributed by atoms with van der Waals surface area (Å²) < 4.78 is 18.2. The molecule has 2 rings (SSSR count). The van der Waals surface area contributed by atoms with Crippen molar-refractivity contribution in [1.29, 1.82) is 5.26 Å². The maximum absolute atomic E-state index is 12.7. The predicted molar refractivity (Wildman–Crippen MR) is 66.9 cm³/mol. The number of rotatable bonds is 3. The van der Waals surface area contributed by atoms with E-state index in [9.17, 15) is 4.39 Å². The number of benzene rings is 2. The molecule has 0 heterocycles. The summed E-state index contributed by atoms with van der Waals surface area (Å²) >= 11 is 5.88. The van der Waals surface area contributed by atoms with E-state index < -0.39 is 0 Å². The van der Waals surface area contributed by atoms with Gasteiger partial charge in [-0.3, -0.25) is 0 Å². The summed E-state index contributed by atoms with van der Waals surface area (Å²) in [7, 11) is 0. The first-order valence-electron chi connectivity index (χ1n) is 5.26. The average molecular weight is 262 g/mol. The number of halogens is 2. The Hall–Kier alpha value is -2.05. The molecule has 0 unspecified atom stereocenters. The second-order valence-electron chi connectivity index (χ2n) is 3.64. The summed E-state index contributed by atoms with van der Waals surface area (Å²) in [5.74, 6) is 0.133. The van der Waals surface area contributed by atoms with Gasteiger partial charge in [-0.25, -0.2) is 4.39 Å². The number of hydrogen-bond acceptors (Lipinski definition) is 2. The largest absolute Gasteiger partial charge is 0.487 e. The van der Waals surface area contributed by atoms with Crippen molar-refractivity contribution in [3.05, 3.63) is 64.4 Å². The summed E-state index contributed by atoms with van der Waals surface area (Å²) in [5.41, 5.74) is 1.13. The molecule has 2 aromatic carbocycles. The standard InChI is InChI=1S/C14H9ClFNO/c15-13-2-1-3-14(12(13)8-17)18-9-10-4-6-11(16)7-5-10/h1-7H,9H2. The number of hydrogen-bond donors (Lipinski definition) is 0. The molecule has 2 aromatic rings. The summed E-state index contributed by atoms with van der Waals surface area (Å²) in [5, 5.41) is 9.32. The Morgan fingerprint density at radius 3 is 2.56 bits per heavy atom. The smallest absolute Gasteiger partial charge is 0.139 e. The van der Waals surface area contributed by atoms with E-state index in [0.717, 1.165) is 5.56 Å². The van der Waals surface area contributed by atoms with Gasteiger partial charge in [0.05, 0.1) is 5.02 Å². The lowest BCUT2D eigenvalue weighted by atomic mass is 10.2. The average Bonchev–Trinajstić information content (AvgIpc) is 2.38. The Morgan fingerprint density at radius 1 is 1.17 bits per heavy atom.